The third-order valence-corrected chi connectivity index (χ3v) is 3.91. The fourth-order valence-corrected chi connectivity index (χ4v) is 2.92. The van der Waals surface area contributed by atoms with Crippen LogP contribution in [0.5, 0.6) is 0 Å². The second kappa shape index (κ2) is 5.22. The molecule has 1 fully saturated rings. The molecule has 0 aliphatic carbocycles. The van der Waals surface area contributed by atoms with Gasteiger partial charge in [-0.3, -0.25) is 4.57 Å². The third-order valence-electron chi connectivity index (χ3n) is 3.91. The summed E-state index contributed by atoms with van der Waals surface area (Å²) in [7, 11) is 0. The highest BCUT2D eigenvalue weighted by molar-refractivity contribution is 5.79. The first-order valence-corrected chi connectivity index (χ1v) is 6.99. The van der Waals surface area contributed by atoms with Crippen LogP contribution < -0.4 is 11.0 Å². The van der Waals surface area contributed by atoms with Gasteiger partial charge in [-0.15, -0.1) is 0 Å². The van der Waals surface area contributed by atoms with E-state index in [9.17, 15) is 18.0 Å². The van der Waals surface area contributed by atoms with Crippen molar-refractivity contribution in [3.8, 4) is 0 Å². The Morgan fingerprint density at radius 2 is 2.10 bits per heavy atom. The van der Waals surface area contributed by atoms with E-state index in [1.54, 1.807) is 0 Å². The monoisotopic (exact) mass is 299 g/mol. The Morgan fingerprint density at radius 3 is 2.76 bits per heavy atom. The molecule has 0 spiro atoms. The van der Waals surface area contributed by atoms with E-state index in [1.165, 1.54) is 16.7 Å². The predicted molar refractivity (Wildman–Crippen MR) is 73.2 cm³/mol. The minimum Gasteiger partial charge on any atom is -0.312 e. The summed E-state index contributed by atoms with van der Waals surface area (Å²) in [6, 6.07) is 3.86. The van der Waals surface area contributed by atoms with E-state index in [1.807, 2.05) is 0 Å². The molecular weight excluding hydrogens is 283 g/mol. The van der Waals surface area contributed by atoms with E-state index < -0.39 is 17.4 Å². The Bertz CT molecular complexity index is 696. The minimum atomic E-state index is -4.48. The number of halogens is 3. The molecule has 2 aromatic rings. The van der Waals surface area contributed by atoms with Gasteiger partial charge in [0.2, 0.25) is 0 Å². The van der Waals surface area contributed by atoms with Gasteiger partial charge >= 0.3 is 11.9 Å². The number of aromatic amines is 1. The lowest BCUT2D eigenvalue weighted by atomic mass is 10.0. The number of para-hydroxylation sites is 1. The summed E-state index contributed by atoms with van der Waals surface area (Å²) >= 11 is 0. The van der Waals surface area contributed by atoms with Gasteiger partial charge in [-0.1, -0.05) is 12.5 Å². The number of hydrogen-bond acceptors (Lipinski definition) is 2. The van der Waals surface area contributed by atoms with E-state index in [2.05, 4.69) is 10.3 Å². The van der Waals surface area contributed by atoms with Crippen molar-refractivity contribution < 1.29 is 13.2 Å². The molecule has 0 bridgehead atoms. The number of rotatable bonds is 2. The summed E-state index contributed by atoms with van der Waals surface area (Å²) in [6.45, 7) is 1.10. The topological polar surface area (TPSA) is 49.8 Å². The largest absolute Gasteiger partial charge is 0.418 e. The number of H-pyrrole nitrogens is 1. The standard InChI is InChI=1S/C14H16F3N3O/c15-14(16,17)10-5-3-6-11-12(10)20(13(21)19-11)8-9-4-1-2-7-18-9/h3,5-6,9,18H,1-2,4,7-8H2,(H,19,21). The molecule has 1 atom stereocenters. The van der Waals surface area contributed by atoms with E-state index >= 15 is 0 Å². The van der Waals surface area contributed by atoms with Crippen LogP contribution in [0, 0.1) is 0 Å². The molecule has 1 unspecified atom stereocenters. The summed E-state index contributed by atoms with van der Waals surface area (Å²) in [5.41, 5.74) is -1.09. The fourth-order valence-electron chi connectivity index (χ4n) is 2.92. The van der Waals surface area contributed by atoms with Crippen molar-refractivity contribution in [2.45, 2.75) is 38.0 Å². The molecule has 114 valence electrons. The Labute approximate surface area is 119 Å². The highest BCUT2D eigenvalue weighted by Crippen LogP contribution is 2.34. The molecular formula is C14H16F3N3O. The first-order valence-electron chi connectivity index (χ1n) is 6.99. The van der Waals surface area contributed by atoms with Crippen molar-refractivity contribution >= 4 is 11.0 Å². The van der Waals surface area contributed by atoms with Crippen LogP contribution in [-0.4, -0.2) is 22.1 Å². The van der Waals surface area contributed by atoms with Crippen LogP contribution in [-0.2, 0) is 12.7 Å². The fraction of sp³-hybridized carbons (Fsp3) is 0.500. The molecule has 2 heterocycles. The van der Waals surface area contributed by atoms with Crippen molar-refractivity contribution in [1.82, 2.24) is 14.9 Å². The maximum Gasteiger partial charge on any atom is 0.418 e. The minimum absolute atomic E-state index is 0.0386. The Balaban J connectivity index is 2.08. The number of nitrogens with one attached hydrogen (secondary N) is 2. The molecule has 1 saturated heterocycles. The molecule has 3 rings (SSSR count). The van der Waals surface area contributed by atoms with Crippen molar-refractivity contribution in [2.24, 2.45) is 0 Å². The molecule has 4 nitrogen and oxygen atoms in total. The van der Waals surface area contributed by atoms with Crippen molar-refractivity contribution in [2.75, 3.05) is 6.54 Å². The third kappa shape index (κ3) is 2.70. The number of nitrogens with zero attached hydrogens (tertiary/aromatic N) is 1. The number of aromatic nitrogens is 2. The van der Waals surface area contributed by atoms with E-state index in [0.717, 1.165) is 31.9 Å². The summed E-state index contributed by atoms with van der Waals surface area (Å²) in [4.78, 5) is 14.5. The number of piperidine rings is 1. The van der Waals surface area contributed by atoms with Gasteiger partial charge in [0.05, 0.1) is 16.6 Å². The SMILES string of the molecule is O=c1[nH]c2cccc(C(F)(F)F)c2n1CC1CCCCN1. The van der Waals surface area contributed by atoms with Crippen LogP contribution >= 0.6 is 0 Å². The van der Waals surface area contributed by atoms with Gasteiger partial charge in [0, 0.05) is 12.6 Å². The van der Waals surface area contributed by atoms with E-state index in [0.29, 0.717) is 0 Å². The molecule has 0 radical (unpaired) electrons. The van der Waals surface area contributed by atoms with Gasteiger partial charge in [-0.25, -0.2) is 4.79 Å². The zero-order valence-corrected chi connectivity index (χ0v) is 11.3. The van der Waals surface area contributed by atoms with Crippen molar-refractivity contribution in [3.05, 3.63) is 34.2 Å². The van der Waals surface area contributed by atoms with Gasteiger partial charge in [-0.05, 0) is 31.5 Å². The van der Waals surface area contributed by atoms with Gasteiger partial charge in [0.25, 0.3) is 0 Å². The number of benzene rings is 1. The molecule has 0 saturated carbocycles. The highest BCUT2D eigenvalue weighted by Gasteiger charge is 2.34. The van der Waals surface area contributed by atoms with Gasteiger partial charge in [0.15, 0.2) is 0 Å². The van der Waals surface area contributed by atoms with Gasteiger partial charge in [-0.2, -0.15) is 13.2 Å². The Morgan fingerprint density at radius 1 is 1.29 bits per heavy atom. The number of fused-ring (bicyclic) bond motifs is 1. The molecule has 7 heteroatoms. The summed E-state index contributed by atoms with van der Waals surface area (Å²) in [5.74, 6) is 0. The van der Waals surface area contributed by atoms with Gasteiger partial charge < -0.3 is 10.3 Å². The lowest BCUT2D eigenvalue weighted by molar-refractivity contribution is -0.136. The smallest absolute Gasteiger partial charge is 0.312 e. The number of imidazole rings is 1. The van der Waals surface area contributed by atoms with Crippen LogP contribution in [0.2, 0.25) is 0 Å². The lowest BCUT2D eigenvalue weighted by Crippen LogP contribution is -2.39. The summed E-state index contributed by atoms with van der Waals surface area (Å²) < 4.78 is 40.6. The molecule has 0 amide bonds. The Hall–Kier alpha value is -1.76. The molecule has 21 heavy (non-hydrogen) atoms. The van der Waals surface area contributed by atoms with Crippen LogP contribution in [0.1, 0.15) is 24.8 Å². The highest BCUT2D eigenvalue weighted by atomic mass is 19.4. The zero-order valence-electron chi connectivity index (χ0n) is 11.3. The number of hydrogen-bond donors (Lipinski definition) is 2. The molecule has 1 aromatic heterocycles. The van der Waals surface area contributed by atoms with Gasteiger partial charge in [0.1, 0.15) is 0 Å². The van der Waals surface area contributed by atoms with Crippen molar-refractivity contribution in [1.29, 1.82) is 0 Å². The molecule has 1 aliphatic rings. The lowest BCUT2D eigenvalue weighted by Gasteiger charge is -2.24. The second-order valence-electron chi connectivity index (χ2n) is 5.39. The quantitative estimate of drug-likeness (QED) is 0.895. The van der Waals surface area contributed by atoms with E-state index in [4.69, 9.17) is 0 Å². The predicted octanol–water partition coefficient (Wildman–Crippen LogP) is 2.49. The van der Waals surface area contributed by atoms with E-state index in [-0.39, 0.29) is 23.6 Å². The molecule has 1 aliphatic heterocycles. The summed E-state index contributed by atoms with van der Waals surface area (Å²) in [6.07, 6.45) is -1.52. The normalized spacial score (nSPS) is 20.0. The Kier molecular flexibility index (Phi) is 3.52. The first-order chi connectivity index (χ1) is 9.97. The van der Waals surface area contributed by atoms with Crippen LogP contribution in [0.4, 0.5) is 13.2 Å². The molecule has 2 N–H and O–H groups in total. The first kappa shape index (κ1) is 14.2. The zero-order chi connectivity index (χ0) is 15.0. The van der Waals surface area contributed by atoms with Crippen LogP contribution in [0.15, 0.2) is 23.0 Å². The van der Waals surface area contributed by atoms with Crippen LogP contribution in [0.25, 0.3) is 11.0 Å². The summed E-state index contributed by atoms with van der Waals surface area (Å²) in [5, 5.41) is 3.25. The number of alkyl halides is 3. The maximum absolute atomic E-state index is 13.1. The maximum atomic E-state index is 13.1. The average Bonchev–Trinajstić information content (AvgIpc) is 2.75. The average molecular weight is 299 g/mol. The molecule has 1 aromatic carbocycles. The second-order valence-corrected chi connectivity index (χ2v) is 5.39. The van der Waals surface area contributed by atoms with Crippen LogP contribution in [0.3, 0.4) is 0 Å². The van der Waals surface area contributed by atoms with Crippen molar-refractivity contribution in [3.63, 3.8) is 0 Å².